The molecule has 0 aliphatic carbocycles. The summed E-state index contributed by atoms with van der Waals surface area (Å²) < 4.78 is 42.2. The van der Waals surface area contributed by atoms with E-state index in [-0.39, 0.29) is 37.2 Å². The smallest absolute Gasteiger partial charge is 0.414 e. The van der Waals surface area contributed by atoms with Gasteiger partial charge in [-0.15, -0.1) is 12.4 Å². The van der Waals surface area contributed by atoms with E-state index in [1.165, 1.54) is 17.0 Å². The molecule has 2 aliphatic heterocycles. The van der Waals surface area contributed by atoms with E-state index in [1.807, 2.05) is 0 Å². The lowest BCUT2D eigenvalue weighted by Crippen LogP contribution is -2.27. The van der Waals surface area contributed by atoms with Crippen molar-refractivity contribution in [3.8, 4) is 0 Å². The molecule has 132 valence electrons. The molecule has 1 unspecified atom stereocenters. The molecular formula is C15H18ClFN2O4S. The van der Waals surface area contributed by atoms with Crippen LogP contribution in [0, 0.1) is 5.82 Å². The fourth-order valence-corrected chi connectivity index (χ4v) is 3.92. The number of carbonyl (C=O) groups excluding carboxylic acids is 1. The van der Waals surface area contributed by atoms with Crippen molar-refractivity contribution in [1.82, 2.24) is 0 Å². The first kappa shape index (κ1) is 18.7. The first-order valence-electron chi connectivity index (χ1n) is 7.28. The lowest BCUT2D eigenvalue weighted by atomic mass is 9.95. The number of benzene rings is 1. The van der Waals surface area contributed by atoms with Gasteiger partial charge in [-0.05, 0) is 24.1 Å². The van der Waals surface area contributed by atoms with E-state index in [0.29, 0.717) is 17.7 Å². The van der Waals surface area contributed by atoms with Gasteiger partial charge in [-0.1, -0.05) is 12.1 Å². The molecule has 1 fully saturated rings. The maximum Gasteiger partial charge on any atom is 0.414 e. The lowest BCUT2D eigenvalue weighted by Gasteiger charge is -2.19. The van der Waals surface area contributed by atoms with Crippen LogP contribution in [0.5, 0.6) is 0 Å². The molecular weight excluding hydrogens is 359 g/mol. The molecule has 2 N–H and O–H groups in total. The predicted molar refractivity (Wildman–Crippen MR) is 90.6 cm³/mol. The summed E-state index contributed by atoms with van der Waals surface area (Å²) in [4.78, 5) is 13.1. The van der Waals surface area contributed by atoms with Crippen molar-refractivity contribution in [3.63, 3.8) is 0 Å². The molecule has 0 aromatic heterocycles. The standard InChI is InChI=1S/C15H17FN2O4S.ClH/c16-14-7-11(18-9-12(8-17)22-15(18)19)1-2-13(14)10-3-5-23(20,21)6-4-10;/h1-3,5,7,10,12H,4,6,8-9,17H2;1H/t10?,12-;/m0./s1. The number of hydrogen-bond acceptors (Lipinski definition) is 5. The molecule has 3 rings (SSSR count). The second-order valence-electron chi connectivity index (χ2n) is 5.65. The van der Waals surface area contributed by atoms with Crippen LogP contribution in [0.4, 0.5) is 14.9 Å². The molecule has 1 saturated heterocycles. The van der Waals surface area contributed by atoms with Gasteiger partial charge in [-0.2, -0.15) is 0 Å². The van der Waals surface area contributed by atoms with Crippen LogP contribution in [-0.2, 0) is 14.6 Å². The van der Waals surface area contributed by atoms with E-state index in [4.69, 9.17) is 10.5 Å². The number of carbonyl (C=O) groups is 1. The minimum absolute atomic E-state index is 0. The summed E-state index contributed by atoms with van der Waals surface area (Å²) >= 11 is 0. The first-order chi connectivity index (χ1) is 10.9. The highest BCUT2D eigenvalue weighted by Crippen LogP contribution is 2.31. The molecule has 2 aliphatic rings. The summed E-state index contributed by atoms with van der Waals surface area (Å²) in [7, 11) is -3.16. The van der Waals surface area contributed by atoms with Gasteiger partial charge in [-0.25, -0.2) is 17.6 Å². The maximum atomic E-state index is 14.4. The second kappa shape index (κ2) is 7.08. The van der Waals surface area contributed by atoms with Crippen LogP contribution in [0.15, 0.2) is 29.7 Å². The van der Waals surface area contributed by atoms with Crippen LogP contribution >= 0.6 is 12.4 Å². The number of anilines is 1. The third-order valence-corrected chi connectivity index (χ3v) is 5.44. The Morgan fingerprint density at radius 2 is 2.12 bits per heavy atom. The molecule has 24 heavy (non-hydrogen) atoms. The van der Waals surface area contributed by atoms with E-state index < -0.39 is 27.9 Å². The van der Waals surface area contributed by atoms with Gasteiger partial charge in [0.05, 0.1) is 18.0 Å². The fraction of sp³-hybridized carbons (Fsp3) is 0.400. The number of allylic oxidation sites excluding steroid dienone is 1. The van der Waals surface area contributed by atoms with Crippen molar-refractivity contribution >= 4 is 34.0 Å². The van der Waals surface area contributed by atoms with E-state index >= 15 is 0 Å². The molecule has 6 nitrogen and oxygen atoms in total. The molecule has 1 aromatic rings. The van der Waals surface area contributed by atoms with Crippen LogP contribution < -0.4 is 10.6 Å². The monoisotopic (exact) mass is 376 g/mol. The largest absolute Gasteiger partial charge is 0.443 e. The van der Waals surface area contributed by atoms with Crippen LogP contribution in [0.1, 0.15) is 17.9 Å². The van der Waals surface area contributed by atoms with E-state index in [1.54, 1.807) is 12.1 Å². The van der Waals surface area contributed by atoms with Gasteiger partial charge in [0.15, 0.2) is 9.84 Å². The molecule has 1 aromatic carbocycles. The van der Waals surface area contributed by atoms with Crippen molar-refractivity contribution in [3.05, 3.63) is 41.1 Å². The average molecular weight is 377 g/mol. The Labute approximate surface area is 145 Å². The zero-order valence-electron chi connectivity index (χ0n) is 12.7. The number of rotatable bonds is 3. The van der Waals surface area contributed by atoms with Gasteiger partial charge in [0.2, 0.25) is 0 Å². The number of halogens is 2. The van der Waals surface area contributed by atoms with Crippen molar-refractivity contribution in [1.29, 1.82) is 0 Å². The SMILES string of the molecule is Cl.NC[C@H]1CN(c2ccc(C3C=CS(=O)(=O)CC3)c(F)c2)C(=O)O1. The van der Waals surface area contributed by atoms with Crippen LogP contribution in [0.25, 0.3) is 0 Å². The lowest BCUT2D eigenvalue weighted by molar-refractivity contribution is 0.145. The highest BCUT2D eigenvalue weighted by Gasteiger charge is 2.32. The zero-order chi connectivity index (χ0) is 16.6. The number of hydrogen-bond donors (Lipinski definition) is 1. The van der Waals surface area contributed by atoms with Gasteiger partial charge in [0.1, 0.15) is 11.9 Å². The van der Waals surface area contributed by atoms with Crippen LogP contribution in [0.2, 0.25) is 0 Å². The summed E-state index contributed by atoms with van der Waals surface area (Å²) in [5.74, 6) is -0.748. The Bertz CT molecular complexity index is 769. The quantitative estimate of drug-likeness (QED) is 0.870. The normalized spacial score (nSPS) is 25.2. The minimum Gasteiger partial charge on any atom is -0.443 e. The topological polar surface area (TPSA) is 89.7 Å². The Kier molecular flexibility index (Phi) is 5.52. The van der Waals surface area contributed by atoms with Crippen molar-refractivity contribution in [2.24, 2.45) is 5.73 Å². The van der Waals surface area contributed by atoms with Crippen molar-refractivity contribution in [2.75, 3.05) is 23.7 Å². The van der Waals surface area contributed by atoms with Crippen LogP contribution in [0.3, 0.4) is 0 Å². The molecule has 9 heteroatoms. The summed E-state index contributed by atoms with van der Waals surface area (Å²) in [6.07, 6.45) is 0.912. The Hall–Kier alpha value is -1.64. The van der Waals surface area contributed by atoms with E-state index in [9.17, 15) is 17.6 Å². The van der Waals surface area contributed by atoms with Crippen molar-refractivity contribution in [2.45, 2.75) is 18.4 Å². The van der Waals surface area contributed by atoms with E-state index in [0.717, 1.165) is 5.41 Å². The summed E-state index contributed by atoms with van der Waals surface area (Å²) in [6, 6.07) is 4.49. The minimum atomic E-state index is -3.16. The van der Waals surface area contributed by atoms with Crippen LogP contribution in [-0.4, -0.2) is 39.5 Å². The molecule has 0 spiro atoms. The Morgan fingerprint density at radius 1 is 1.38 bits per heavy atom. The molecule has 0 radical (unpaired) electrons. The summed E-state index contributed by atoms with van der Waals surface area (Å²) in [5.41, 5.74) is 6.30. The number of amides is 1. The molecule has 0 saturated carbocycles. The second-order valence-corrected chi connectivity index (χ2v) is 7.65. The number of sulfone groups is 1. The highest BCUT2D eigenvalue weighted by atomic mass is 35.5. The van der Waals surface area contributed by atoms with Gasteiger partial charge >= 0.3 is 6.09 Å². The van der Waals surface area contributed by atoms with Gasteiger partial charge in [0.25, 0.3) is 0 Å². The van der Waals surface area contributed by atoms with Gasteiger partial charge in [-0.3, -0.25) is 4.90 Å². The third-order valence-electron chi connectivity index (χ3n) is 4.06. The summed E-state index contributed by atoms with van der Waals surface area (Å²) in [5, 5.41) is 1.14. The predicted octanol–water partition coefficient (Wildman–Crippen LogP) is 1.95. The van der Waals surface area contributed by atoms with E-state index in [2.05, 4.69) is 0 Å². The fourth-order valence-electron chi connectivity index (χ4n) is 2.77. The van der Waals surface area contributed by atoms with Gasteiger partial charge in [0, 0.05) is 17.9 Å². The molecule has 2 atom stereocenters. The maximum absolute atomic E-state index is 14.4. The first-order valence-corrected chi connectivity index (χ1v) is 9.00. The number of nitrogens with two attached hydrogens (primary N) is 1. The zero-order valence-corrected chi connectivity index (χ0v) is 14.4. The Morgan fingerprint density at radius 3 is 2.67 bits per heavy atom. The van der Waals surface area contributed by atoms with Gasteiger partial charge < -0.3 is 10.5 Å². The average Bonchev–Trinajstić information content (AvgIpc) is 2.89. The highest BCUT2D eigenvalue weighted by molar-refractivity contribution is 7.94. The Balaban J connectivity index is 0.00000208. The molecule has 2 heterocycles. The summed E-state index contributed by atoms with van der Waals surface area (Å²) in [6.45, 7) is 0.500. The third kappa shape index (κ3) is 3.71. The number of cyclic esters (lactones) is 1. The molecule has 1 amide bonds. The number of ether oxygens (including phenoxy) is 1. The van der Waals surface area contributed by atoms with Crippen molar-refractivity contribution < 1.29 is 22.3 Å². The number of nitrogens with zero attached hydrogens (tertiary/aromatic N) is 1. The molecule has 0 bridgehead atoms.